The number of thioether (sulfide) groups is 1. The fourth-order valence-electron chi connectivity index (χ4n) is 15.9. The molecule has 0 bridgehead atoms. The maximum absolute atomic E-state index is 14.5. The summed E-state index contributed by atoms with van der Waals surface area (Å²) in [4.78, 5) is 106. The Hall–Kier alpha value is -10.3. The van der Waals surface area contributed by atoms with Crippen LogP contribution < -0.4 is 68.4 Å². The van der Waals surface area contributed by atoms with Crippen LogP contribution in [-0.4, -0.2) is 262 Å². The van der Waals surface area contributed by atoms with Gasteiger partial charge >= 0.3 is 55.4 Å². The van der Waals surface area contributed by atoms with Crippen LogP contribution in [0.3, 0.4) is 0 Å². The number of fused-ring (bicyclic) bond motifs is 1. The Kier molecular flexibility index (Phi) is 41.4. The van der Waals surface area contributed by atoms with Crippen molar-refractivity contribution in [3.8, 4) is 35.2 Å². The molecule has 35 nitrogen and oxygen atoms in total. The minimum Gasteiger partial charge on any atom is -0.462 e. The average Bonchev–Trinajstić information content (AvgIpc) is 1.65. The van der Waals surface area contributed by atoms with Crippen molar-refractivity contribution in [2.45, 2.75) is 219 Å². The molecule has 0 spiro atoms. The number of hydrogen-bond acceptors (Lipinski definition) is 25. The number of nitrogens with zero attached hydrogens (tertiary/aromatic N) is 4. The van der Waals surface area contributed by atoms with E-state index in [9.17, 15) is 74.4 Å². The number of rotatable bonds is 44. The molecule has 5 aliphatic heterocycles. The predicted octanol–water partition coefficient (Wildman–Crippen LogP) is 3.78. The van der Waals surface area contributed by atoms with Crippen LogP contribution in [0.5, 0.6) is 11.5 Å². The van der Waals surface area contributed by atoms with Crippen molar-refractivity contribution < 1.29 is 143 Å². The number of nitrogens with one attached hydrogen (secondary N) is 11. The Balaban J connectivity index is 0.0000173. The van der Waals surface area contributed by atoms with E-state index in [-0.39, 0.29) is 129 Å². The number of unbranched alkanes of at least 4 members (excludes halogenated alkanes) is 5. The van der Waals surface area contributed by atoms with Crippen molar-refractivity contribution >= 4 is 93.6 Å². The molecule has 7 heterocycles. The van der Waals surface area contributed by atoms with E-state index in [0.29, 0.717) is 147 Å². The van der Waals surface area contributed by atoms with E-state index in [0.717, 1.165) is 60.4 Å². The fraction of sp³-hybridized carbons (Fsp3) is 0.448. The molecule has 7 aromatic rings. The van der Waals surface area contributed by atoms with Crippen molar-refractivity contribution in [3.63, 3.8) is 0 Å². The molecule has 134 heavy (non-hydrogen) atoms. The number of aliphatic hydroxyl groups is 8. The third-order valence-corrected chi connectivity index (χ3v) is 25.1. The summed E-state index contributed by atoms with van der Waals surface area (Å²) in [5.41, 5.74) is 13.2. The predicted molar refractivity (Wildman–Crippen MR) is 501 cm³/mol. The van der Waals surface area contributed by atoms with Crippen LogP contribution in [0.15, 0.2) is 164 Å². The van der Waals surface area contributed by atoms with Crippen molar-refractivity contribution in [1.82, 2.24) is 57.0 Å². The second kappa shape index (κ2) is 53.2. The number of hydrogen-bond donors (Lipinski definition) is 20. The number of carbonyl (C=O) groups excluding carboxylic acids is 7. The van der Waals surface area contributed by atoms with Crippen LogP contribution in [-0.2, 0) is 64.2 Å². The van der Waals surface area contributed by atoms with Gasteiger partial charge in [-0.25, -0.2) is 4.79 Å². The number of pyridine rings is 2. The van der Waals surface area contributed by atoms with Gasteiger partial charge < -0.3 is 124 Å². The molecule has 16 atom stereocenters. The average molecular weight is 2020 g/mol. The number of ether oxygens (including phenoxy) is 4. The van der Waals surface area contributed by atoms with E-state index >= 15 is 0 Å². The van der Waals surface area contributed by atoms with Gasteiger partial charge in [0.05, 0.1) is 36.7 Å². The Morgan fingerprint density at radius 1 is 0.575 bits per heavy atom. The molecule has 5 saturated heterocycles. The Bertz CT molecular complexity index is 5030. The molecule has 0 aliphatic carbocycles. The standard InChI is InChI=1S/C96H118N16O19S2.Eu/c97-94(98)103-46-12-15-72(108-90(125)75-43-50-112(75)91(126)73(53-62-13-4-1-5-14-62)107-81(117)19-7-3-11-45-101-79(115)17-6-2-10-44-102-80(116)18-9-8-16-78-82-74(58-133-78)109-95(127)110-82)89(124)104-65-32-34-67(35-33-65)106-96(132)105-66-30-24-61(25-31-66)42-49-111(54-68-51-63(40-47-99-68)22-20-59-26-36-70(37-27-59)128-92-87(122)85(120)83(118)76(56-113)130-92)55-69-52-64(41-48-100-69)23-21-60-28-38-71(39-29-60)129-93-88(123)86(121)84(119)77(57-114)131-93;/h1,4-5,13-14,24-41,47-48,51-52,72-78,82-88,92-93,113-114,118-123H,2-3,6-12,15-19,42-46,49-50,53-58H2,(H,101,115)(H,102,116)(H,104,124)(H,107,117)(H,108,125)(H4,97,98,103)(H2,105,106,132)(H2,109,110,127);/q;+3/t72?,73?,74?,75?,76-,77+,78?,82?,83-,84+,85+,86-,87-,88+,92?,93?;. The van der Waals surface area contributed by atoms with Gasteiger partial charge in [-0.3, -0.25) is 49.0 Å². The van der Waals surface area contributed by atoms with Gasteiger partial charge in [-0.2, -0.15) is 11.8 Å². The number of benzene rings is 5. The minimum atomic E-state index is -1.59. The SMILES string of the molecule is N=C(N)NCCCC(NC(=O)C1CCN1C(=O)C(Cc1ccccc1)NC(=O)CCCCCNC(=O)CCCCCNC(=O)CCCCC1SCC2NC(=O)NC21)C(=O)Nc1ccc(NC(=S)Nc2ccc(CCN(Cc3cc(C#Cc4ccc(OC5O[C@@H](CO)[C@H](O)[C@@H](O)[C@@H]5O)cc4)ccn3)Cc3cc(C#Cc4ccc(OC5O[C@H](CO)[C@@H](O)[C@H](O)[C@H]5O)cc4)ccn3)cc2)cc1.[Eu+3]. The molecule has 5 fully saturated rings. The molecular weight excluding hydrogens is 1900 g/mol. The largest absolute Gasteiger partial charge is 3.00 e. The summed E-state index contributed by atoms with van der Waals surface area (Å²) in [5, 5.41) is 119. The van der Waals surface area contributed by atoms with E-state index in [1.807, 2.05) is 78.5 Å². The summed E-state index contributed by atoms with van der Waals surface area (Å²) in [6.07, 6.45) is -1.64. The molecule has 712 valence electrons. The number of likely N-dealkylation sites (tertiary alicyclic amines) is 1. The Labute approximate surface area is 828 Å². The van der Waals surface area contributed by atoms with Gasteiger partial charge in [-0.1, -0.05) is 85.4 Å². The number of urea groups is 1. The topological polar surface area (TPSA) is 521 Å². The van der Waals surface area contributed by atoms with Crippen LogP contribution in [0, 0.1) is 78.5 Å². The Morgan fingerprint density at radius 3 is 1.60 bits per heavy atom. The zero-order chi connectivity index (χ0) is 94.1. The van der Waals surface area contributed by atoms with Gasteiger partial charge in [0.1, 0.15) is 78.5 Å². The van der Waals surface area contributed by atoms with Crippen molar-refractivity contribution in [2.24, 2.45) is 5.73 Å². The van der Waals surface area contributed by atoms with Gasteiger partial charge in [0, 0.05) is 134 Å². The number of aliphatic hydroxyl groups excluding tert-OH is 8. The number of guanidine groups is 1. The quantitative estimate of drug-likeness (QED) is 0.00645. The molecular formula is C96H118EuN16O19S2+3. The molecule has 0 saturated carbocycles. The van der Waals surface area contributed by atoms with E-state index < -0.39 is 110 Å². The summed E-state index contributed by atoms with van der Waals surface area (Å²) in [7, 11) is 0. The summed E-state index contributed by atoms with van der Waals surface area (Å²) < 4.78 is 22.5. The minimum absolute atomic E-state index is 0. The maximum atomic E-state index is 14.5. The second-order valence-electron chi connectivity index (χ2n) is 33.4. The number of nitrogens with two attached hydrogens (primary N) is 1. The molecule has 12 rings (SSSR count). The summed E-state index contributed by atoms with van der Waals surface area (Å²) >= 11 is 7.64. The number of anilines is 3. The second-order valence-corrected chi connectivity index (χ2v) is 35.1. The molecule has 8 unspecified atom stereocenters. The van der Waals surface area contributed by atoms with Crippen molar-refractivity contribution in [2.75, 3.05) is 67.6 Å². The maximum Gasteiger partial charge on any atom is 3.00 e. The zero-order valence-electron chi connectivity index (χ0n) is 74.0. The summed E-state index contributed by atoms with van der Waals surface area (Å²) in [6.45, 7) is 1.66. The molecule has 21 N–H and O–H groups in total. The van der Waals surface area contributed by atoms with Crippen molar-refractivity contribution in [1.29, 1.82) is 5.41 Å². The van der Waals surface area contributed by atoms with Crippen LogP contribution in [0.1, 0.15) is 141 Å². The summed E-state index contributed by atoms with van der Waals surface area (Å²) in [6, 6.07) is 41.9. The first kappa shape index (κ1) is 104. The Morgan fingerprint density at radius 2 is 1.08 bits per heavy atom. The summed E-state index contributed by atoms with van der Waals surface area (Å²) in [5.74, 6) is 12.1. The molecule has 2 aromatic heterocycles. The normalized spacial score (nSPS) is 21.9. The third-order valence-electron chi connectivity index (χ3n) is 23.4. The third kappa shape index (κ3) is 32.2. The fourth-order valence-corrected chi connectivity index (χ4v) is 17.6. The number of amides is 8. The number of carbonyl (C=O) groups is 7. The van der Waals surface area contributed by atoms with E-state index in [1.165, 1.54) is 4.90 Å². The molecule has 5 aromatic carbocycles. The molecule has 8 amide bonds. The van der Waals surface area contributed by atoms with E-state index in [1.54, 1.807) is 97.3 Å². The van der Waals surface area contributed by atoms with Crippen LogP contribution >= 0.6 is 24.0 Å². The molecule has 0 radical (unpaired) electrons. The van der Waals surface area contributed by atoms with Crippen LogP contribution in [0.2, 0.25) is 0 Å². The van der Waals surface area contributed by atoms with Crippen LogP contribution in [0.25, 0.3) is 0 Å². The van der Waals surface area contributed by atoms with E-state index in [2.05, 4.69) is 81.7 Å². The monoisotopic (exact) mass is 2020 g/mol. The molecule has 38 heteroatoms. The van der Waals surface area contributed by atoms with Gasteiger partial charge in [-0.15, -0.1) is 0 Å². The van der Waals surface area contributed by atoms with Crippen LogP contribution in [0.4, 0.5) is 21.9 Å². The number of aromatic nitrogens is 2. The number of thiocarbonyl (C=S) groups is 1. The first-order valence-electron chi connectivity index (χ1n) is 45.0. The smallest absolute Gasteiger partial charge is 0.462 e. The first-order valence-corrected chi connectivity index (χ1v) is 46.5. The van der Waals surface area contributed by atoms with Gasteiger partial charge in [0.2, 0.25) is 48.0 Å². The van der Waals surface area contributed by atoms with Gasteiger partial charge in [0.25, 0.3) is 0 Å². The van der Waals surface area contributed by atoms with Gasteiger partial charge in [-0.05, 0) is 197 Å². The molecule has 5 aliphatic rings. The van der Waals surface area contributed by atoms with Gasteiger partial charge in [0.15, 0.2) is 11.1 Å². The van der Waals surface area contributed by atoms with E-state index in [4.69, 9.17) is 52.3 Å². The van der Waals surface area contributed by atoms with Crippen molar-refractivity contribution in [3.05, 3.63) is 209 Å². The first-order chi connectivity index (χ1) is 64.4. The zero-order valence-corrected chi connectivity index (χ0v) is 78.1.